The minimum absolute atomic E-state index is 0.0555. The maximum absolute atomic E-state index is 13.2. The van der Waals surface area contributed by atoms with Crippen LogP contribution in [0.25, 0.3) is 0 Å². The van der Waals surface area contributed by atoms with E-state index in [1.165, 1.54) is 0 Å². The highest BCUT2D eigenvalue weighted by molar-refractivity contribution is 6.42. The van der Waals surface area contributed by atoms with E-state index in [9.17, 15) is 36.6 Å². The molecule has 3 aromatic carbocycles. The lowest BCUT2D eigenvalue weighted by molar-refractivity contribution is -0.143. The van der Waals surface area contributed by atoms with Crippen LogP contribution < -0.4 is 0 Å². The van der Waals surface area contributed by atoms with E-state index < -0.39 is 47.7 Å². The quantitative estimate of drug-likeness (QED) is 0.218. The van der Waals surface area contributed by atoms with Crippen molar-refractivity contribution in [1.29, 1.82) is 0 Å². The number of ether oxygens (including phenoxy) is 1. The summed E-state index contributed by atoms with van der Waals surface area (Å²) in [6.45, 7) is 0.861. The molecule has 3 aromatic rings. The summed E-state index contributed by atoms with van der Waals surface area (Å²) in [7, 11) is 0. The zero-order valence-electron chi connectivity index (χ0n) is 22.9. The second-order valence-corrected chi connectivity index (χ2v) is 11.6. The number of likely N-dealkylation sites (tertiary alicyclic amines) is 1. The van der Waals surface area contributed by atoms with Crippen LogP contribution in [0.5, 0.6) is 0 Å². The molecule has 4 nitrogen and oxygen atoms in total. The first-order valence-corrected chi connectivity index (χ1v) is 14.4. The number of hydrogen-bond donors (Lipinski definition) is 2. The van der Waals surface area contributed by atoms with E-state index in [-0.39, 0.29) is 23.3 Å². The lowest BCUT2D eigenvalue weighted by atomic mass is 9.84. The van der Waals surface area contributed by atoms with Crippen LogP contribution in [0.1, 0.15) is 53.0 Å². The van der Waals surface area contributed by atoms with Crippen molar-refractivity contribution in [3.63, 3.8) is 0 Å². The van der Waals surface area contributed by atoms with Crippen molar-refractivity contribution in [2.24, 2.45) is 0 Å². The molecule has 0 spiro atoms. The summed E-state index contributed by atoms with van der Waals surface area (Å²) in [5.41, 5.74) is -2.60. The Morgan fingerprint density at radius 2 is 1.44 bits per heavy atom. The van der Waals surface area contributed by atoms with Gasteiger partial charge in [0.05, 0.1) is 46.1 Å². The van der Waals surface area contributed by atoms with Gasteiger partial charge in [-0.2, -0.15) is 26.3 Å². The number of nitrogens with zero attached hydrogens (tertiary/aromatic N) is 1. The Balaban J connectivity index is 1.42. The Bertz CT molecular complexity index is 1330. The van der Waals surface area contributed by atoms with Crippen molar-refractivity contribution in [3.05, 3.63) is 105 Å². The highest BCUT2D eigenvalue weighted by Gasteiger charge is 2.37. The molecule has 1 aliphatic rings. The van der Waals surface area contributed by atoms with Gasteiger partial charge in [0.15, 0.2) is 0 Å². The fourth-order valence-electron chi connectivity index (χ4n) is 5.35. The minimum atomic E-state index is -4.97. The number of aliphatic hydroxyl groups excluding tert-OH is 1. The third-order valence-electron chi connectivity index (χ3n) is 7.79. The van der Waals surface area contributed by atoms with Crippen LogP contribution in [0.4, 0.5) is 26.3 Å². The topological polar surface area (TPSA) is 52.9 Å². The van der Waals surface area contributed by atoms with Crippen molar-refractivity contribution < 1.29 is 41.3 Å². The van der Waals surface area contributed by atoms with Gasteiger partial charge in [-0.3, -0.25) is 0 Å². The molecule has 2 unspecified atom stereocenters. The van der Waals surface area contributed by atoms with Gasteiger partial charge in [0.1, 0.15) is 0 Å². The number of hydrogen-bond acceptors (Lipinski definition) is 4. The van der Waals surface area contributed by atoms with Crippen molar-refractivity contribution in [3.8, 4) is 0 Å². The van der Waals surface area contributed by atoms with Crippen molar-refractivity contribution in [2.75, 3.05) is 26.2 Å². The molecule has 43 heavy (non-hydrogen) atoms. The average molecular weight is 650 g/mol. The Hall–Kier alpha value is -2.34. The second kappa shape index (κ2) is 13.7. The number of halogens is 8. The summed E-state index contributed by atoms with van der Waals surface area (Å²) in [6.07, 6.45) is -9.61. The number of benzene rings is 3. The summed E-state index contributed by atoms with van der Waals surface area (Å²) < 4.78 is 84.8. The van der Waals surface area contributed by atoms with E-state index in [4.69, 9.17) is 27.9 Å². The van der Waals surface area contributed by atoms with Crippen LogP contribution in [0.3, 0.4) is 0 Å². The van der Waals surface area contributed by atoms with Crippen LogP contribution in [0.2, 0.25) is 10.0 Å². The molecule has 0 aliphatic carbocycles. The Labute approximate surface area is 255 Å². The van der Waals surface area contributed by atoms with Gasteiger partial charge in [-0.05, 0) is 72.8 Å². The smallest absolute Gasteiger partial charge is 0.390 e. The molecule has 2 atom stereocenters. The van der Waals surface area contributed by atoms with Crippen molar-refractivity contribution in [2.45, 2.75) is 55.8 Å². The van der Waals surface area contributed by atoms with Gasteiger partial charge in [-0.25, -0.2) is 0 Å². The SMILES string of the molecule is OC(COCc1cc(C(F)(F)F)cc(C(F)(F)F)c1)C(CCN1CCC(O)(c2ccccc2)CC1)c1ccc(Cl)c(Cl)c1. The molecule has 0 bridgehead atoms. The van der Waals surface area contributed by atoms with E-state index >= 15 is 0 Å². The van der Waals surface area contributed by atoms with Crippen LogP contribution in [-0.2, 0) is 29.3 Å². The molecule has 234 valence electrons. The molecule has 0 amide bonds. The van der Waals surface area contributed by atoms with Gasteiger partial charge in [0.25, 0.3) is 0 Å². The summed E-state index contributed by atoms with van der Waals surface area (Å²) in [6, 6.07) is 15.6. The lowest BCUT2D eigenvalue weighted by Gasteiger charge is -2.39. The molecule has 1 saturated heterocycles. The minimum Gasteiger partial charge on any atom is -0.390 e. The van der Waals surface area contributed by atoms with Crippen molar-refractivity contribution in [1.82, 2.24) is 4.90 Å². The summed E-state index contributed by atoms with van der Waals surface area (Å²) in [4.78, 5) is 2.16. The molecule has 0 radical (unpaired) electrons. The molecule has 2 N–H and O–H groups in total. The molecule has 1 heterocycles. The van der Waals surface area contributed by atoms with Crippen LogP contribution in [0, 0.1) is 0 Å². The molecule has 12 heteroatoms. The number of piperidine rings is 1. The monoisotopic (exact) mass is 649 g/mol. The van der Waals surface area contributed by atoms with E-state index in [2.05, 4.69) is 4.90 Å². The van der Waals surface area contributed by atoms with Gasteiger partial charge in [0.2, 0.25) is 0 Å². The summed E-state index contributed by atoms with van der Waals surface area (Å²) in [5, 5.41) is 22.8. The molecule has 4 rings (SSSR count). The van der Waals surface area contributed by atoms with Gasteiger partial charge < -0.3 is 19.8 Å². The molecular formula is C31H31Cl2F6NO3. The highest BCUT2D eigenvalue weighted by atomic mass is 35.5. The van der Waals surface area contributed by atoms with Crippen LogP contribution >= 0.6 is 23.2 Å². The fraction of sp³-hybridized carbons (Fsp3) is 0.419. The standard InChI is InChI=1S/C31H31Cl2F6NO3/c32-26-7-6-21(16-27(26)33)25(8-11-40-12-9-29(42,10-13-40)22-4-2-1-3-5-22)28(41)19-43-18-20-14-23(30(34,35)36)17-24(15-20)31(37,38)39/h1-7,14-17,25,28,41-42H,8-13,18-19H2. The summed E-state index contributed by atoms with van der Waals surface area (Å²) >= 11 is 12.3. The predicted molar refractivity (Wildman–Crippen MR) is 152 cm³/mol. The first kappa shape index (κ1) is 33.6. The van der Waals surface area contributed by atoms with E-state index in [1.54, 1.807) is 18.2 Å². The van der Waals surface area contributed by atoms with Gasteiger partial charge in [0, 0.05) is 19.0 Å². The normalized spacial score (nSPS) is 17.5. The molecule has 0 aromatic heterocycles. The predicted octanol–water partition coefficient (Wildman–Crippen LogP) is 8.07. The molecule has 1 fully saturated rings. The fourth-order valence-corrected chi connectivity index (χ4v) is 5.65. The zero-order chi connectivity index (χ0) is 31.4. The third kappa shape index (κ3) is 8.86. The maximum atomic E-state index is 13.2. The van der Waals surface area contributed by atoms with Gasteiger partial charge in [-0.15, -0.1) is 0 Å². The van der Waals surface area contributed by atoms with E-state index in [0.29, 0.717) is 61.6 Å². The Kier molecular flexibility index (Phi) is 10.7. The Morgan fingerprint density at radius 3 is 2.00 bits per heavy atom. The zero-order valence-corrected chi connectivity index (χ0v) is 24.4. The summed E-state index contributed by atoms with van der Waals surface area (Å²) in [5.74, 6) is -0.531. The average Bonchev–Trinajstić information content (AvgIpc) is 2.95. The first-order chi connectivity index (χ1) is 20.2. The number of aliphatic hydroxyl groups is 2. The van der Waals surface area contributed by atoms with E-state index in [0.717, 1.165) is 5.56 Å². The van der Waals surface area contributed by atoms with Gasteiger partial charge >= 0.3 is 12.4 Å². The third-order valence-corrected chi connectivity index (χ3v) is 8.53. The van der Waals surface area contributed by atoms with Crippen LogP contribution in [-0.4, -0.2) is 47.5 Å². The number of alkyl halides is 6. The van der Waals surface area contributed by atoms with Gasteiger partial charge in [-0.1, -0.05) is 59.6 Å². The lowest BCUT2D eigenvalue weighted by Crippen LogP contribution is -2.43. The maximum Gasteiger partial charge on any atom is 0.416 e. The van der Waals surface area contributed by atoms with Crippen molar-refractivity contribution >= 4 is 23.2 Å². The molecule has 0 saturated carbocycles. The first-order valence-electron chi connectivity index (χ1n) is 13.6. The largest absolute Gasteiger partial charge is 0.416 e. The molecule has 1 aliphatic heterocycles. The second-order valence-electron chi connectivity index (χ2n) is 10.8. The highest BCUT2D eigenvalue weighted by Crippen LogP contribution is 2.37. The Morgan fingerprint density at radius 1 is 0.837 bits per heavy atom. The van der Waals surface area contributed by atoms with E-state index in [1.807, 2.05) is 30.3 Å². The van der Waals surface area contributed by atoms with Crippen LogP contribution in [0.15, 0.2) is 66.7 Å². The molecular weight excluding hydrogens is 619 g/mol. The number of rotatable bonds is 10.